The Morgan fingerprint density at radius 2 is 1.90 bits per heavy atom. The molecular weight excluding hydrogens is 410 g/mol. The first-order valence-electron chi connectivity index (χ1n) is 9.78. The van der Waals surface area contributed by atoms with E-state index in [1.54, 1.807) is 4.90 Å². The number of hydrogen-bond donors (Lipinski definition) is 3. The third-order valence-electron chi connectivity index (χ3n) is 4.44. The summed E-state index contributed by atoms with van der Waals surface area (Å²) in [7, 11) is -3.49. The van der Waals surface area contributed by atoms with Gasteiger partial charge in [-0.1, -0.05) is 30.3 Å². The van der Waals surface area contributed by atoms with E-state index in [0.29, 0.717) is 25.9 Å². The lowest BCUT2D eigenvalue weighted by Gasteiger charge is -2.23. The van der Waals surface area contributed by atoms with Crippen LogP contribution < -0.4 is 15.8 Å². The van der Waals surface area contributed by atoms with Crippen LogP contribution in [0.15, 0.2) is 35.3 Å². The van der Waals surface area contributed by atoms with E-state index in [2.05, 4.69) is 15.0 Å². The second kappa shape index (κ2) is 11.4. The maximum Gasteiger partial charge on any atom is 0.408 e. The van der Waals surface area contributed by atoms with Gasteiger partial charge in [0.15, 0.2) is 0 Å². The standard InChI is InChI=1S/C19H29N5O5S/c1-30(27,28)23-18(20)21-11-7-10-16(17(25)24-12-5-6-13-24)22-19(26)29-14-15-8-3-2-4-9-15/h2-4,8-9,16H,5-7,10-14H2,1H3,(H,22,26)(H3,20,21,23)/t16-/m1/s1. The zero-order valence-electron chi connectivity index (χ0n) is 17.0. The SMILES string of the molecule is CS(=O)(=O)NC(N)=NCCC[C@@H](NC(=O)OCc1ccccc1)C(=O)N1CCCC1. The predicted octanol–water partition coefficient (Wildman–Crippen LogP) is 0.548. The zero-order valence-corrected chi connectivity index (χ0v) is 17.9. The lowest BCUT2D eigenvalue weighted by atomic mass is 10.1. The van der Waals surface area contributed by atoms with Gasteiger partial charge in [0, 0.05) is 19.6 Å². The molecule has 1 aromatic rings. The summed E-state index contributed by atoms with van der Waals surface area (Å²) in [5.41, 5.74) is 6.35. The molecular formula is C19H29N5O5S. The molecule has 2 rings (SSSR count). The molecule has 10 nitrogen and oxygen atoms in total. The molecule has 0 spiro atoms. The number of ether oxygens (including phenoxy) is 1. The highest BCUT2D eigenvalue weighted by molar-refractivity contribution is 7.89. The molecule has 1 atom stereocenters. The molecule has 166 valence electrons. The average Bonchev–Trinajstić information content (AvgIpc) is 3.22. The minimum absolute atomic E-state index is 0.106. The molecule has 11 heteroatoms. The van der Waals surface area contributed by atoms with Crippen molar-refractivity contribution in [3.63, 3.8) is 0 Å². The monoisotopic (exact) mass is 439 g/mol. The van der Waals surface area contributed by atoms with Crippen molar-refractivity contribution in [1.82, 2.24) is 14.9 Å². The third-order valence-corrected chi connectivity index (χ3v) is 5.02. The summed E-state index contributed by atoms with van der Waals surface area (Å²) in [4.78, 5) is 30.6. The first kappa shape index (κ1) is 23.5. The van der Waals surface area contributed by atoms with Gasteiger partial charge in [-0.15, -0.1) is 0 Å². The summed E-state index contributed by atoms with van der Waals surface area (Å²) in [5, 5.41) is 2.65. The van der Waals surface area contributed by atoms with E-state index in [1.807, 2.05) is 30.3 Å². The fourth-order valence-electron chi connectivity index (χ4n) is 3.04. The van der Waals surface area contributed by atoms with Gasteiger partial charge in [-0.25, -0.2) is 13.2 Å². The molecule has 0 radical (unpaired) electrons. The fraction of sp³-hybridized carbons (Fsp3) is 0.526. The Balaban J connectivity index is 1.89. The van der Waals surface area contributed by atoms with Gasteiger partial charge in [0.2, 0.25) is 21.9 Å². The van der Waals surface area contributed by atoms with Crippen molar-refractivity contribution in [2.45, 2.75) is 38.3 Å². The summed E-state index contributed by atoms with van der Waals surface area (Å²) in [5.74, 6) is -0.370. The number of alkyl carbamates (subject to hydrolysis) is 1. The van der Waals surface area contributed by atoms with Gasteiger partial charge in [0.1, 0.15) is 12.6 Å². The number of nitrogens with zero attached hydrogens (tertiary/aromatic N) is 2. The van der Waals surface area contributed by atoms with Crippen LogP contribution in [0.2, 0.25) is 0 Å². The van der Waals surface area contributed by atoms with Crippen LogP contribution in [0.25, 0.3) is 0 Å². The number of amides is 2. The Kier molecular flexibility index (Phi) is 8.90. The van der Waals surface area contributed by atoms with Crippen molar-refractivity contribution in [2.24, 2.45) is 10.7 Å². The van der Waals surface area contributed by atoms with Crippen molar-refractivity contribution >= 4 is 28.0 Å². The van der Waals surface area contributed by atoms with E-state index in [9.17, 15) is 18.0 Å². The number of carbonyl (C=O) groups is 2. The summed E-state index contributed by atoms with van der Waals surface area (Å²) in [6, 6.07) is 8.50. The van der Waals surface area contributed by atoms with E-state index >= 15 is 0 Å². The first-order chi connectivity index (χ1) is 14.2. The van der Waals surface area contributed by atoms with E-state index in [1.165, 1.54) is 0 Å². The normalized spacial score (nSPS) is 15.5. The zero-order chi connectivity index (χ0) is 22.0. The van der Waals surface area contributed by atoms with Gasteiger partial charge >= 0.3 is 6.09 Å². The smallest absolute Gasteiger partial charge is 0.408 e. The Bertz CT molecular complexity index is 838. The molecule has 2 amide bonds. The van der Waals surface area contributed by atoms with E-state index < -0.39 is 22.2 Å². The number of carbonyl (C=O) groups excluding carboxylic acids is 2. The highest BCUT2D eigenvalue weighted by Gasteiger charge is 2.27. The fourth-order valence-corrected chi connectivity index (χ4v) is 3.48. The Morgan fingerprint density at radius 3 is 2.53 bits per heavy atom. The maximum atomic E-state index is 12.8. The van der Waals surface area contributed by atoms with Crippen molar-refractivity contribution in [3.8, 4) is 0 Å². The number of hydrogen-bond acceptors (Lipinski definition) is 6. The number of benzene rings is 1. The number of nitrogens with one attached hydrogen (secondary N) is 2. The first-order valence-corrected chi connectivity index (χ1v) is 11.7. The lowest BCUT2D eigenvalue weighted by Crippen LogP contribution is -2.48. The minimum atomic E-state index is -3.49. The van der Waals surface area contributed by atoms with Crippen molar-refractivity contribution in [3.05, 3.63) is 35.9 Å². The summed E-state index contributed by atoms with van der Waals surface area (Å²) in [6.45, 7) is 1.65. The van der Waals surface area contributed by atoms with Crippen LogP contribution in [0, 0.1) is 0 Å². The Hall–Kier alpha value is -2.82. The number of likely N-dealkylation sites (tertiary alicyclic amines) is 1. The molecule has 1 aromatic carbocycles. The van der Waals surface area contributed by atoms with E-state index in [0.717, 1.165) is 24.7 Å². The van der Waals surface area contributed by atoms with Gasteiger partial charge in [-0.05, 0) is 31.2 Å². The molecule has 4 N–H and O–H groups in total. The third kappa shape index (κ3) is 8.68. The van der Waals surface area contributed by atoms with Crippen molar-refractivity contribution in [2.75, 3.05) is 25.9 Å². The van der Waals surface area contributed by atoms with Gasteiger partial charge < -0.3 is 20.7 Å². The molecule has 0 saturated carbocycles. The summed E-state index contributed by atoms with van der Waals surface area (Å²) < 4.78 is 29.5. The average molecular weight is 440 g/mol. The topological polar surface area (TPSA) is 143 Å². The van der Waals surface area contributed by atoms with Crippen LogP contribution in [-0.4, -0.2) is 63.2 Å². The molecule has 1 aliphatic heterocycles. The molecule has 1 saturated heterocycles. The lowest BCUT2D eigenvalue weighted by molar-refractivity contribution is -0.132. The Labute approximate surface area is 176 Å². The Morgan fingerprint density at radius 1 is 1.23 bits per heavy atom. The van der Waals surface area contributed by atoms with Crippen molar-refractivity contribution in [1.29, 1.82) is 0 Å². The van der Waals surface area contributed by atoms with E-state index in [4.69, 9.17) is 10.5 Å². The summed E-state index contributed by atoms with van der Waals surface area (Å²) >= 11 is 0. The number of sulfonamides is 1. The number of rotatable bonds is 9. The van der Waals surface area contributed by atoms with Crippen LogP contribution in [0.1, 0.15) is 31.2 Å². The van der Waals surface area contributed by atoms with Gasteiger partial charge in [0.05, 0.1) is 6.26 Å². The second-order valence-corrected chi connectivity index (χ2v) is 8.82. The predicted molar refractivity (Wildman–Crippen MR) is 113 cm³/mol. The van der Waals surface area contributed by atoms with Crippen LogP contribution >= 0.6 is 0 Å². The van der Waals surface area contributed by atoms with E-state index in [-0.39, 0.29) is 25.0 Å². The van der Waals surface area contributed by atoms with Gasteiger partial charge in [-0.2, -0.15) is 0 Å². The summed E-state index contributed by atoms with van der Waals surface area (Å²) in [6.07, 6.45) is 2.94. The highest BCUT2D eigenvalue weighted by atomic mass is 32.2. The van der Waals surface area contributed by atoms with Crippen LogP contribution in [-0.2, 0) is 26.2 Å². The highest BCUT2D eigenvalue weighted by Crippen LogP contribution is 2.12. The largest absolute Gasteiger partial charge is 0.445 e. The van der Waals surface area contributed by atoms with Crippen LogP contribution in [0.4, 0.5) is 4.79 Å². The minimum Gasteiger partial charge on any atom is -0.445 e. The van der Waals surface area contributed by atoms with Crippen LogP contribution in [0.5, 0.6) is 0 Å². The molecule has 1 fully saturated rings. The molecule has 0 aliphatic carbocycles. The second-order valence-electron chi connectivity index (χ2n) is 7.07. The van der Waals surface area contributed by atoms with Gasteiger partial charge in [0.25, 0.3) is 0 Å². The van der Waals surface area contributed by atoms with Crippen molar-refractivity contribution < 1.29 is 22.7 Å². The number of aliphatic imine (C=N–C) groups is 1. The number of guanidine groups is 1. The molecule has 0 unspecified atom stereocenters. The molecule has 1 aliphatic rings. The van der Waals surface area contributed by atoms with Crippen LogP contribution in [0.3, 0.4) is 0 Å². The molecule has 1 heterocycles. The number of nitrogens with two attached hydrogens (primary N) is 1. The molecule has 0 aromatic heterocycles. The molecule has 30 heavy (non-hydrogen) atoms. The maximum absolute atomic E-state index is 12.8. The molecule has 0 bridgehead atoms. The quantitative estimate of drug-likeness (QED) is 0.291. The van der Waals surface area contributed by atoms with Gasteiger partial charge in [-0.3, -0.25) is 14.5 Å².